The second kappa shape index (κ2) is 7.01. The molecule has 0 radical (unpaired) electrons. The lowest BCUT2D eigenvalue weighted by molar-refractivity contribution is -0.142. The first-order chi connectivity index (χ1) is 13.3. The summed E-state index contributed by atoms with van der Waals surface area (Å²) in [5.74, 6) is 0.859. The summed E-state index contributed by atoms with van der Waals surface area (Å²) in [4.78, 5) is 19.3. The standard InChI is InChI=1S/C18H19F3N6O/c1-25-11-22-24-15(25)9-26-8-4-7-14(26)16-23-13-6-3-2-5-12(13)17(28)27(16)10-18(19,20)21/h2-3,5-6,11,14H,4,7-10H2,1H3. The summed E-state index contributed by atoms with van der Waals surface area (Å²) in [6.07, 6.45) is -1.51. The minimum absolute atomic E-state index is 0.153. The Labute approximate surface area is 158 Å². The fourth-order valence-corrected chi connectivity index (χ4v) is 3.71. The molecule has 0 spiro atoms. The number of fused-ring (bicyclic) bond motifs is 1. The van der Waals surface area contributed by atoms with E-state index < -0.39 is 24.3 Å². The first kappa shape index (κ1) is 18.6. The van der Waals surface area contributed by atoms with Crippen molar-refractivity contribution in [2.75, 3.05) is 6.54 Å². The maximum atomic E-state index is 13.2. The summed E-state index contributed by atoms with van der Waals surface area (Å²) in [5, 5.41) is 8.10. The van der Waals surface area contributed by atoms with Crippen LogP contribution in [0.15, 0.2) is 35.4 Å². The molecule has 1 saturated heterocycles. The van der Waals surface area contributed by atoms with Crippen LogP contribution in [0, 0.1) is 0 Å². The quantitative estimate of drug-likeness (QED) is 0.682. The fourth-order valence-electron chi connectivity index (χ4n) is 3.71. The van der Waals surface area contributed by atoms with Gasteiger partial charge < -0.3 is 4.57 Å². The molecule has 1 aliphatic heterocycles. The number of nitrogens with zero attached hydrogens (tertiary/aromatic N) is 6. The van der Waals surface area contributed by atoms with Gasteiger partial charge >= 0.3 is 6.18 Å². The largest absolute Gasteiger partial charge is 0.406 e. The van der Waals surface area contributed by atoms with Gasteiger partial charge in [-0.2, -0.15) is 13.2 Å². The van der Waals surface area contributed by atoms with E-state index in [-0.39, 0.29) is 11.2 Å². The van der Waals surface area contributed by atoms with Crippen LogP contribution in [0.25, 0.3) is 10.9 Å². The van der Waals surface area contributed by atoms with Crippen molar-refractivity contribution in [1.29, 1.82) is 0 Å². The van der Waals surface area contributed by atoms with Gasteiger partial charge in [0.25, 0.3) is 5.56 Å². The predicted molar refractivity (Wildman–Crippen MR) is 95.4 cm³/mol. The fraction of sp³-hybridized carbons (Fsp3) is 0.444. The topological polar surface area (TPSA) is 68.8 Å². The molecule has 1 atom stereocenters. The van der Waals surface area contributed by atoms with E-state index in [9.17, 15) is 18.0 Å². The number of benzene rings is 1. The Bertz CT molecular complexity index is 1060. The van der Waals surface area contributed by atoms with Gasteiger partial charge in [-0.15, -0.1) is 10.2 Å². The third-order valence-electron chi connectivity index (χ3n) is 5.04. The average Bonchev–Trinajstić information content (AvgIpc) is 3.26. The molecule has 3 aromatic rings. The summed E-state index contributed by atoms with van der Waals surface area (Å²) >= 11 is 0. The minimum atomic E-state index is -4.52. The molecule has 0 N–H and O–H groups in total. The molecule has 4 rings (SSSR count). The van der Waals surface area contributed by atoms with Crippen molar-refractivity contribution in [1.82, 2.24) is 29.2 Å². The van der Waals surface area contributed by atoms with E-state index in [1.807, 2.05) is 11.9 Å². The van der Waals surface area contributed by atoms with Crippen LogP contribution in [0.3, 0.4) is 0 Å². The third-order valence-corrected chi connectivity index (χ3v) is 5.04. The summed E-state index contributed by atoms with van der Waals surface area (Å²) in [5.41, 5.74) is -0.255. The van der Waals surface area contributed by atoms with E-state index in [1.165, 1.54) is 6.07 Å². The highest BCUT2D eigenvalue weighted by molar-refractivity contribution is 5.77. The number of hydrogen-bond donors (Lipinski definition) is 0. The molecular formula is C18H19F3N6O. The number of halogens is 3. The second-order valence-electron chi connectivity index (χ2n) is 6.98. The van der Waals surface area contributed by atoms with Gasteiger partial charge in [0.2, 0.25) is 0 Å². The summed E-state index contributed by atoms with van der Waals surface area (Å²) in [7, 11) is 1.81. The molecule has 1 fully saturated rings. The zero-order valence-corrected chi connectivity index (χ0v) is 15.2. The molecule has 7 nitrogen and oxygen atoms in total. The predicted octanol–water partition coefficient (Wildman–Crippen LogP) is 2.42. The van der Waals surface area contributed by atoms with Crippen LogP contribution in [0.2, 0.25) is 0 Å². The van der Waals surface area contributed by atoms with Crippen molar-refractivity contribution < 1.29 is 13.2 Å². The number of alkyl halides is 3. The van der Waals surface area contributed by atoms with Gasteiger partial charge in [-0.25, -0.2) is 4.98 Å². The Morgan fingerprint density at radius 1 is 1.25 bits per heavy atom. The Hall–Kier alpha value is -2.75. The van der Waals surface area contributed by atoms with Gasteiger partial charge in [-0.3, -0.25) is 14.3 Å². The van der Waals surface area contributed by atoms with Crippen LogP contribution in [0.1, 0.15) is 30.5 Å². The Balaban J connectivity index is 1.80. The molecule has 1 unspecified atom stereocenters. The molecule has 0 saturated carbocycles. The van der Waals surface area contributed by atoms with Gasteiger partial charge in [-0.05, 0) is 31.5 Å². The normalized spacial score (nSPS) is 18.2. The maximum absolute atomic E-state index is 13.2. The first-order valence-corrected chi connectivity index (χ1v) is 8.96. The van der Waals surface area contributed by atoms with Crippen molar-refractivity contribution in [2.24, 2.45) is 7.05 Å². The van der Waals surface area contributed by atoms with E-state index >= 15 is 0 Å². The Morgan fingerprint density at radius 3 is 2.75 bits per heavy atom. The van der Waals surface area contributed by atoms with Gasteiger partial charge in [0.05, 0.1) is 23.5 Å². The number of rotatable bonds is 4. The molecule has 10 heteroatoms. The van der Waals surface area contributed by atoms with Crippen molar-refractivity contribution in [3.63, 3.8) is 0 Å². The summed E-state index contributed by atoms with van der Waals surface area (Å²) in [6.45, 7) is -0.241. The number of para-hydroxylation sites is 1. The summed E-state index contributed by atoms with van der Waals surface area (Å²) in [6, 6.07) is 6.11. The van der Waals surface area contributed by atoms with Crippen LogP contribution in [0.5, 0.6) is 0 Å². The molecule has 0 aliphatic carbocycles. The van der Waals surface area contributed by atoms with Crippen LogP contribution >= 0.6 is 0 Å². The lowest BCUT2D eigenvalue weighted by Crippen LogP contribution is -2.36. The first-order valence-electron chi connectivity index (χ1n) is 8.96. The van der Waals surface area contributed by atoms with E-state index in [0.29, 0.717) is 30.9 Å². The molecule has 1 aliphatic rings. The third kappa shape index (κ3) is 3.51. The zero-order chi connectivity index (χ0) is 19.9. The van der Waals surface area contributed by atoms with E-state index in [1.54, 1.807) is 29.1 Å². The van der Waals surface area contributed by atoms with Crippen LogP contribution in [0.4, 0.5) is 13.2 Å². The maximum Gasteiger partial charge on any atom is 0.406 e. The minimum Gasteiger partial charge on any atom is -0.320 e. The molecule has 1 aromatic carbocycles. The van der Waals surface area contributed by atoms with Crippen LogP contribution in [-0.4, -0.2) is 41.9 Å². The Morgan fingerprint density at radius 2 is 2.04 bits per heavy atom. The SMILES string of the molecule is Cn1cnnc1CN1CCCC1c1nc2ccccc2c(=O)n1CC(F)(F)F. The molecule has 3 heterocycles. The van der Waals surface area contributed by atoms with Crippen molar-refractivity contribution in [3.8, 4) is 0 Å². The van der Waals surface area contributed by atoms with Gasteiger partial charge in [0.15, 0.2) is 0 Å². The van der Waals surface area contributed by atoms with E-state index in [0.717, 1.165) is 11.0 Å². The average molecular weight is 392 g/mol. The van der Waals surface area contributed by atoms with Crippen LogP contribution < -0.4 is 5.56 Å². The Kier molecular flexibility index (Phi) is 4.66. The van der Waals surface area contributed by atoms with Crippen molar-refractivity contribution >= 4 is 10.9 Å². The number of hydrogen-bond acceptors (Lipinski definition) is 5. The van der Waals surface area contributed by atoms with Gasteiger partial charge in [0, 0.05) is 7.05 Å². The molecule has 2 aromatic heterocycles. The lowest BCUT2D eigenvalue weighted by Gasteiger charge is -2.26. The lowest BCUT2D eigenvalue weighted by atomic mass is 10.1. The summed E-state index contributed by atoms with van der Waals surface area (Å²) < 4.78 is 42.2. The van der Waals surface area contributed by atoms with Crippen LogP contribution in [-0.2, 0) is 20.1 Å². The van der Waals surface area contributed by atoms with E-state index in [2.05, 4.69) is 15.2 Å². The monoisotopic (exact) mass is 392 g/mol. The number of aromatic nitrogens is 5. The molecule has 28 heavy (non-hydrogen) atoms. The second-order valence-corrected chi connectivity index (χ2v) is 6.98. The number of aryl methyl sites for hydroxylation is 1. The van der Waals surface area contributed by atoms with E-state index in [4.69, 9.17) is 0 Å². The zero-order valence-electron chi connectivity index (χ0n) is 15.2. The number of likely N-dealkylation sites (tertiary alicyclic amines) is 1. The van der Waals surface area contributed by atoms with Crippen molar-refractivity contribution in [2.45, 2.75) is 38.1 Å². The van der Waals surface area contributed by atoms with Gasteiger partial charge in [0.1, 0.15) is 24.5 Å². The smallest absolute Gasteiger partial charge is 0.320 e. The van der Waals surface area contributed by atoms with Gasteiger partial charge in [-0.1, -0.05) is 12.1 Å². The molecule has 148 valence electrons. The highest BCUT2D eigenvalue weighted by Gasteiger charge is 2.35. The molecule has 0 bridgehead atoms. The molecular weight excluding hydrogens is 373 g/mol. The highest BCUT2D eigenvalue weighted by atomic mass is 19.4. The molecule has 0 amide bonds. The van der Waals surface area contributed by atoms with Crippen molar-refractivity contribution in [3.05, 3.63) is 52.6 Å². The highest BCUT2D eigenvalue weighted by Crippen LogP contribution is 2.33.